The Morgan fingerprint density at radius 2 is 2.05 bits per heavy atom. The molecule has 1 aliphatic heterocycles. The zero-order chi connectivity index (χ0) is 16.3. The van der Waals surface area contributed by atoms with Gasteiger partial charge in [0.2, 0.25) is 0 Å². The molecule has 0 spiro atoms. The summed E-state index contributed by atoms with van der Waals surface area (Å²) in [5, 5.41) is 0. The first-order valence-corrected chi connectivity index (χ1v) is 9.45. The van der Waals surface area contributed by atoms with Crippen molar-refractivity contribution in [1.82, 2.24) is 4.90 Å². The van der Waals surface area contributed by atoms with Gasteiger partial charge in [-0.3, -0.25) is 4.79 Å². The SMILES string of the molecule is CCCN(C(=O)c1cccc(N(C)C)c1)C1CCS(=O)(=O)C1. The number of hydrogen-bond donors (Lipinski definition) is 0. The van der Waals surface area contributed by atoms with Gasteiger partial charge in [0.1, 0.15) is 0 Å². The normalized spacial score (nSPS) is 19.9. The van der Waals surface area contributed by atoms with Crippen LogP contribution in [0, 0.1) is 0 Å². The first-order chi connectivity index (χ1) is 10.3. The molecule has 0 radical (unpaired) electrons. The summed E-state index contributed by atoms with van der Waals surface area (Å²) in [6.07, 6.45) is 1.36. The quantitative estimate of drug-likeness (QED) is 0.828. The van der Waals surface area contributed by atoms with Crippen molar-refractivity contribution >= 4 is 21.4 Å². The third kappa shape index (κ3) is 3.80. The summed E-state index contributed by atoms with van der Waals surface area (Å²) in [7, 11) is 0.857. The van der Waals surface area contributed by atoms with Crippen LogP contribution in [0.1, 0.15) is 30.1 Å². The number of anilines is 1. The summed E-state index contributed by atoms with van der Waals surface area (Å²) in [6, 6.07) is 7.26. The topological polar surface area (TPSA) is 57.7 Å². The fourth-order valence-corrected chi connectivity index (χ4v) is 4.53. The van der Waals surface area contributed by atoms with Gasteiger partial charge in [0, 0.05) is 37.9 Å². The van der Waals surface area contributed by atoms with Gasteiger partial charge in [0.15, 0.2) is 9.84 Å². The maximum absolute atomic E-state index is 12.8. The van der Waals surface area contributed by atoms with Crippen molar-refractivity contribution in [3.8, 4) is 0 Å². The molecule has 1 fully saturated rings. The van der Waals surface area contributed by atoms with E-state index in [9.17, 15) is 13.2 Å². The molecule has 5 nitrogen and oxygen atoms in total. The third-order valence-electron chi connectivity index (χ3n) is 3.98. The van der Waals surface area contributed by atoms with Crippen molar-refractivity contribution < 1.29 is 13.2 Å². The van der Waals surface area contributed by atoms with Crippen molar-refractivity contribution in [3.05, 3.63) is 29.8 Å². The molecule has 22 heavy (non-hydrogen) atoms. The van der Waals surface area contributed by atoms with E-state index in [4.69, 9.17) is 0 Å². The smallest absolute Gasteiger partial charge is 0.254 e. The molecule has 0 aliphatic carbocycles. The Kier molecular flexibility index (Phi) is 5.11. The second-order valence-electron chi connectivity index (χ2n) is 6.00. The van der Waals surface area contributed by atoms with E-state index in [1.807, 2.05) is 44.1 Å². The van der Waals surface area contributed by atoms with Crippen LogP contribution in [0.25, 0.3) is 0 Å². The van der Waals surface area contributed by atoms with Crippen molar-refractivity contribution in [2.75, 3.05) is 37.0 Å². The number of hydrogen-bond acceptors (Lipinski definition) is 4. The fourth-order valence-electron chi connectivity index (χ4n) is 2.79. The van der Waals surface area contributed by atoms with Crippen molar-refractivity contribution in [2.45, 2.75) is 25.8 Å². The van der Waals surface area contributed by atoms with Crippen LogP contribution in [0.3, 0.4) is 0 Å². The Hall–Kier alpha value is -1.56. The van der Waals surface area contributed by atoms with E-state index < -0.39 is 9.84 Å². The summed E-state index contributed by atoms with van der Waals surface area (Å²) < 4.78 is 23.4. The Labute approximate surface area is 132 Å². The molecule has 6 heteroatoms. The lowest BCUT2D eigenvalue weighted by Gasteiger charge is -2.28. The average Bonchev–Trinajstić information content (AvgIpc) is 2.84. The van der Waals surface area contributed by atoms with Gasteiger partial charge in [0.05, 0.1) is 11.5 Å². The van der Waals surface area contributed by atoms with Crippen LogP contribution in [-0.2, 0) is 9.84 Å². The van der Waals surface area contributed by atoms with Gasteiger partial charge in [-0.25, -0.2) is 8.42 Å². The highest BCUT2D eigenvalue weighted by Gasteiger charge is 2.34. The molecule has 0 N–H and O–H groups in total. The molecule has 1 aromatic carbocycles. The minimum absolute atomic E-state index is 0.0762. The van der Waals surface area contributed by atoms with Gasteiger partial charge in [-0.2, -0.15) is 0 Å². The number of amides is 1. The summed E-state index contributed by atoms with van der Waals surface area (Å²) in [5.41, 5.74) is 1.57. The second kappa shape index (κ2) is 6.69. The lowest BCUT2D eigenvalue weighted by molar-refractivity contribution is 0.0697. The highest BCUT2D eigenvalue weighted by molar-refractivity contribution is 7.91. The minimum atomic E-state index is -3.00. The Bertz CT molecular complexity index is 641. The second-order valence-corrected chi connectivity index (χ2v) is 8.23. The zero-order valence-electron chi connectivity index (χ0n) is 13.4. The first kappa shape index (κ1) is 16.8. The van der Waals surface area contributed by atoms with Gasteiger partial charge in [-0.15, -0.1) is 0 Å². The number of carbonyl (C=O) groups is 1. The monoisotopic (exact) mass is 324 g/mol. The van der Waals surface area contributed by atoms with Crippen molar-refractivity contribution in [1.29, 1.82) is 0 Å². The van der Waals surface area contributed by atoms with Crippen LogP contribution < -0.4 is 4.90 Å². The van der Waals surface area contributed by atoms with Crippen molar-refractivity contribution in [2.24, 2.45) is 0 Å². The third-order valence-corrected chi connectivity index (χ3v) is 5.73. The van der Waals surface area contributed by atoms with Gasteiger partial charge < -0.3 is 9.80 Å². The number of carbonyl (C=O) groups excluding carboxylic acids is 1. The molecule has 2 rings (SSSR count). The van der Waals surface area contributed by atoms with E-state index in [2.05, 4.69) is 0 Å². The predicted octanol–water partition coefficient (Wildman–Crippen LogP) is 1.79. The summed E-state index contributed by atoms with van der Waals surface area (Å²) >= 11 is 0. The molecule has 0 saturated carbocycles. The maximum Gasteiger partial charge on any atom is 0.254 e. The van der Waals surface area contributed by atoms with Crippen molar-refractivity contribution in [3.63, 3.8) is 0 Å². The first-order valence-electron chi connectivity index (χ1n) is 7.63. The molecule has 122 valence electrons. The molecule has 1 heterocycles. The van der Waals surface area contributed by atoms with Gasteiger partial charge in [0.25, 0.3) is 5.91 Å². The summed E-state index contributed by atoms with van der Waals surface area (Å²) in [6.45, 7) is 2.59. The van der Waals surface area contributed by atoms with Crippen LogP contribution in [0.4, 0.5) is 5.69 Å². The molecule has 0 aromatic heterocycles. The Balaban J connectivity index is 2.25. The largest absolute Gasteiger partial charge is 0.378 e. The summed E-state index contributed by atoms with van der Waals surface area (Å²) in [5.74, 6) is 0.197. The fraction of sp³-hybridized carbons (Fsp3) is 0.562. The van der Waals surface area contributed by atoms with Crippen LogP contribution >= 0.6 is 0 Å². The standard InChI is InChI=1S/C16H24N2O3S/c1-4-9-18(15-8-10-22(20,21)12-15)16(19)13-6-5-7-14(11-13)17(2)3/h5-7,11,15H,4,8-10,12H2,1-3H3. The molecule has 1 aromatic rings. The van der Waals surface area contributed by atoms with E-state index in [1.165, 1.54) is 0 Å². The van der Waals surface area contributed by atoms with Crippen LogP contribution in [-0.4, -0.2) is 57.4 Å². The van der Waals surface area contributed by atoms with Gasteiger partial charge in [-0.05, 0) is 31.0 Å². The number of benzene rings is 1. The number of sulfone groups is 1. The molecule has 1 saturated heterocycles. The lowest BCUT2D eigenvalue weighted by atomic mass is 10.1. The molecule has 1 unspecified atom stereocenters. The minimum Gasteiger partial charge on any atom is -0.378 e. The Morgan fingerprint density at radius 1 is 1.32 bits per heavy atom. The van der Waals surface area contributed by atoms with Gasteiger partial charge in [-0.1, -0.05) is 13.0 Å². The molecule has 1 amide bonds. The lowest BCUT2D eigenvalue weighted by Crippen LogP contribution is -2.41. The highest BCUT2D eigenvalue weighted by atomic mass is 32.2. The van der Waals surface area contributed by atoms with Crippen LogP contribution in [0.2, 0.25) is 0 Å². The number of rotatable bonds is 5. The van der Waals surface area contributed by atoms with Crippen LogP contribution in [0.5, 0.6) is 0 Å². The van der Waals surface area contributed by atoms with Crippen LogP contribution in [0.15, 0.2) is 24.3 Å². The predicted molar refractivity (Wildman–Crippen MR) is 89.2 cm³/mol. The molecular weight excluding hydrogens is 300 g/mol. The van der Waals surface area contributed by atoms with E-state index in [1.54, 1.807) is 11.0 Å². The molecule has 0 bridgehead atoms. The summed E-state index contributed by atoms with van der Waals surface area (Å²) in [4.78, 5) is 16.5. The number of nitrogens with zero attached hydrogens (tertiary/aromatic N) is 2. The van der Waals surface area contributed by atoms with E-state index >= 15 is 0 Å². The maximum atomic E-state index is 12.8. The van der Waals surface area contributed by atoms with E-state index in [0.29, 0.717) is 18.5 Å². The Morgan fingerprint density at radius 3 is 2.59 bits per heavy atom. The zero-order valence-corrected chi connectivity index (χ0v) is 14.3. The molecule has 1 atom stereocenters. The van der Waals surface area contributed by atoms with E-state index in [-0.39, 0.29) is 23.5 Å². The van der Waals surface area contributed by atoms with Gasteiger partial charge >= 0.3 is 0 Å². The average molecular weight is 324 g/mol. The highest BCUT2D eigenvalue weighted by Crippen LogP contribution is 2.22. The molecular formula is C16H24N2O3S. The molecule has 1 aliphatic rings. The van der Waals surface area contributed by atoms with E-state index in [0.717, 1.165) is 12.1 Å².